The normalized spacial score (nSPS) is 18.6. The summed E-state index contributed by atoms with van der Waals surface area (Å²) in [4.78, 5) is 26.6. The first kappa shape index (κ1) is 20.3. The van der Waals surface area contributed by atoms with E-state index < -0.39 is 29.7 Å². The highest BCUT2D eigenvalue weighted by Gasteiger charge is 2.52. The number of carbonyl (C=O) groups is 1. The monoisotopic (exact) mass is 384 g/mol. The molecule has 1 aliphatic heterocycles. The minimum Gasteiger partial charge on any atom is -0.477 e. The van der Waals surface area contributed by atoms with Crippen molar-refractivity contribution in [2.24, 2.45) is 0 Å². The summed E-state index contributed by atoms with van der Waals surface area (Å²) in [6, 6.07) is 5.30. The van der Waals surface area contributed by atoms with E-state index >= 15 is 0 Å². The summed E-state index contributed by atoms with van der Waals surface area (Å²) in [6.07, 6.45) is 3.13. The number of aromatic amines is 1. The summed E-state index contributed by atoms with van der Waals surface area (Å²) >= 11 is 0. The minimum absolute atomic E-state index is 0.282. The van der Waals surface area contributed by atoms with Gasteiger partial charge < -0.3 is 24.7 Å². The summed E-state index contributed by atoms with van der Waals surface area (Å²) < 4.78 is 12.3. The molecule has 1 aliphatic rings. The molecule has 0 saturated carbocycles. The first-order valence-corrected chi connectivity index (χ1v) is 9.15. The number of carboxylic acids is 1. The van der Waals surface area contributed by atoms with Gasteiger partial charge in [-0.15, -0.1) is 0 Å². The second-order valence-corrected chi connectivity index (χ2v) is 7.98. The van der Waals surface area contributed by atoms with Crippen molar-refractivity contribution in [3.8, 4) is 0 Å². The van der Waals surface area contributed by atoms with Gasteiger partial charge in [-0.3, -0.25) is 4.79 Å². The van der Waals surface area contributed by atoms with Crippen LogP contribution in [0.1, 0.15) is 43.6 Å². The molecule has 148 valence electrons. The zero-order chi connectivity index (χ0) is 20.7. The van der Waals surface area contributed by atoms with E-state index in [0.717, 1.165) is 11.0 Å². The standard InChI is InChI=1S/C20H25BN2O5/c1-19(2)20(3,4)28-21(27-19)13(10-22-5)8-12-6-7-16-14(9-12)17(24)15(11-23-16)18(25)26/h6-9,11,22H,10H2,1-5H3,(H,23,24)(H,25,26). The lowest BCUT2D eigenvalue weighted by Gasteiger charge is -2.32. The van der Waals surface area contributed by atoms with Crippen molar-refractivity contribution in [1.82, 2.24) is 10.3 Å². The van der Waals surface area contributed by atoms with E-state index in [9.17, 15) is 14.7 Å². The maximum atomic E-state index is 12.5. The number of hydrogen-bond acceptors (Lipinski definition) is 5. The number of carboxylic acid groups (broad SMARTS) is 1. The van der Waals surface area contributed by atoms with Crippen LogP contribution in [0.3, 0.4) is 0 Å². The second kappa shape index (κ2) is 7.20. The van der Waals surface area contributed by atoms with E-state index in [1.54, 1.807) is 12.1 Å². The number of H-pyrrole nitrogens is 1. The van der Waals surface area contributed by atoms with Gasteiger partial charge in [0.05, 0.1) is 11.2 Å². The zero-order valence-corrected chi connectivity index (χ0v) is 16.8. The number of benzene rings is 1. The van der Waals surface area contributed by atoms with Crippen LogP contribution in [0.15, 0.2) is 34.7 Å². The summed E-state index contributed by atoms with van der Waals surface area (Å²) in [7, 11) is 1.32. The predicted octanol–water partition coefficient (Wildman–Crippen LogP) is 2.46. The van der Waals surface area contributed by atoms with Crippen LogP contribution in [0.25, 0.3) is 17.0 Å². The van der Waals surface area contributed by atoms with Crippen LogP contribution < -0.4 is 10.7 Å². The van der Waals surface area contributed by atoms with Crippen molar-refractivity contribution in [2.75, 3.05) is 13.6 Å². The second-order valence-electron chi connectivity index (χ2n) is 7.98. The third kappa shape index (κ3) is 3.63. The molecule has 28 heavy (non-hydrogen) atoms. The molecule has 0 radical (unpaired) electrons. The highest BCUT2D eigenvalue weighted by atomic mass is 16.7. The minimum atomic E-state index is -1.25. The number of pyridine rings is 1. The van der Waals surface area contributed by atoms with Gasteiger partial charge in [-0.05, 0) is 57.9 Å². The van der Waals surface area contributed by atoms with E-state index in [1.807, 2.05) is 46.9 Å². The van der Waals surface area contributed by atoms with Crippen molar-refractivity contribution in [2.45, 2.75) is 38.9 Å². The maximum absolute atomic E-state index is 12.5. The number of hydrogen-bond donors (Lipinski definition) is 3. The molecule has 2 aromatic rings. The maximum Gasteiger partial charge on any atom is 0.491 e. The molecule has 7 nitrogen and oxygen atoms in total. The molecule has 0 aliphatic carbocycles. The van der Waals surface area contributed by atoms with E-state index in [-0.39, 0.29) is 5.56 Å². The van der Waals surface area contributed by atoms with E-state index in [4.69, 9.17) is 9.31 Å². The molecule has 2 heterocycles. The Morgan fingerprint density at radius 2 is 1.89 bits per heavy atom. The average Bonchev–Trinajstić information content (AvgIpc) is 2.82. The largest absolute Gasteiger partial charge is 0.491 e. The first-order chi connectivity index (χ1) is 13.1. The fourth-order valence-corrected chi connectivity index (χ4v) is 3.10. The van der Waals surface area contributed by atoms with Gasteiger partial charge in [-0.1, -0.05) is 12.1 Å². The molecule has 3 N–H and O–H groups in total. The Morgan fingerprint density at radius 3 is 2.46 bits per heavy atom. The lowest BCUT2D eigenvalue weighted by molar-refractivity contribution is 0.00578. The summed E-state index contributed by atoms with van der Waals surface area (Å²) in [5.74, 6) is -1.25. The first-order valence-electron chi connectivity index (χ1n) is 9.15. The molecule has 0 bridgehead atoms. The fraction of sp³-hybridized carbons (Fsp3) is 0.400. The van der Waals surface area contributed by atoms with Crippen molar-refractivity contribution in [1.29, 1.82) is 0 Å². The third-order valence-electron chi connectivity index (χ3n) is 5.42. The number of rotatable bonds is 5. The van der Waals surface area contributed by atoms with Crippen LogP contribution >= 0.6 is 0 Å². The highest BCUT2D eigenvalue weighted by Crippen LogP contribution is 2.38. The fourth-order valence-electron chi connectivity index (χ4n) is 3.10. The van der Waals surface area contributed by atoms with Gasteiger partial charge in [0, 0.05) is 23.6 Å². The number of likely N-dealkylation sites (N-methyl/N-ethyl adjacent to an activating group) is 1. The Bertz CT molecular complexity index is 993. The van der Waals surface area contributed by atoms with Crippen molar-refractivity contribution in [3.63, 3.8) is 0 Å². The molecule has 0 unspecified atom stereocenters. The van der Waals surface area contributed by atoms with Crippen LogP contribution in [-0.2, 0) is 9.31 Å². The smallest absolute Gasteiger partial charge is 0.477 e. The van der Waals surface area contributed by atoms with Gasteiger partial charge in [-0.25, -0.2) is 4.79 Å². The number of nitrogens with one attached hydrogen (secondary N) is 2. The molecule has 1 saturated heterocycles. The number of aromatic carboxylic acids is 1. The van der Waals surface area contributed by atoms with Crippen LogP contribution in [0.5, 0.6) is 0 Å². The molecular formula is C20H25BN2O5. The van der Waals surface area contributed by atoms with E-state index in [2.05, 4.69) is 10.3 Å². The van der Waals surface area contributed by atoms with Gasteiger partial charge in [0.25, 0.3) is 0 Å². The molecule has 8 heteroatoms. The molecular weight excluding hydrogens is 359 g/mol. The lowest BCUT2D eigenvalue weighted by atomic mass is 9.77. The van der Waals surface area contributed by atoms with Crippen molar-refractivity contribution in [3.05, 3.63) is 51.2 Å². The Kier molecular flexibility index (Phi) is 5.22. The molecule has 0 amide bonds. The van der Waals surface area contributed by atoms with Gasteiger partial charge >= 0.3 is 13.1 Å². The Labute approximate surface area is 163 Å². The van der Waals surface area contributed by atoms with Gasteiger partial charge in [-0.2, -0.15) is 0 Å². The van der Waals surface area contributed by atoms with Gasteiger partial charge in [0.2, 0.25) is 5.43 Å². The van der Waals surface area contributed by atoms with Crippen molar-refractivity contribution < 1.29 is 19.2 Å². The SMILES string of the molecule is CNCC(=Cc1ccc2[nH]cc(C(=O)O)c(=O)c2c1)B1OC(C)(C)C(C)(C)O1. The van der Waals surface area contributed by atoms with E-state index in [0.29, 0.717) is 17.4 Å². The Balaban J connectivity index is 2.04. The van der Waals surface area contributed by atoms with Crippen molar-refractivity contribution >= 4 is 30.1 Å². The Morgan fingerprint density at radius 1 is 1.25 bits per heavy atom. The van der Waals surface area contributed by atoms with Crippen LogP contribution in [0.2, 0.25) is 0 Å². The van der Waals surface area contributed by atoms with Crippen LogP contribution in [-0.4, -0.2) is 48.0 Å². The molecule has 1 aromatic heterocycles. The molecule has 1 fully saturated rings. The predicted molar refractivity (Wildman–Crippen MR) is 110 cm³/mol. The summed E-state index contributed by atoms with van der Waals surface area (Å²) in [6.45, 7) is 8.51. The van der Waals surface area contributed by atoms with Gasteiger partial charge in [0.1, 0.15) is 5.56 Å². The quantitative estimate of drug-likeness (QED) is 0.685. The molecule has 0 spiro atoms. The average molecular weight is 384 g/mol. The topological polar surface area (TPSA) is 101 Å². The number of fused-ring (bicyclic) bond motifs is 1. The highest BCUT2D eigenvalue weighted by molar-refractivity contribution is 6.55. The third-order valence-corrected chi connectivity index (χ3v) is 5.42. The molecule has 1 aromatic carbocycles. The summed E-state index contributed by atoms with van der Waals surface area (Å²) in [5, 5.41) is 12.6. The zero-order valence-electron chi connectivity index (χ0n) is 16.8. The van der Waals surface area contributed by atoms with Crippen LogP contribution in [0, 0.1) is 0 Å². The molecule has 0 atom stereocenters. The number of aromatic nitrogens is 1. The van der Waals surface area contributed by atoms with Crippen LogP contribution in [0.4, 0.5) is 0 Å². The summed E-state index contributed by atoms with van der Waals surface area (Å²) in [5.41, 5.74) is 0.519. The van der Waals surface area contributed by atoms with Gasteiger partial charge in [0.15, 0.2) is 0 Å². The Hall–Kier alpha value is -2.42. The lowest BCUT2D eigenvalue weighted by Crippen LogP contribution is -2.41. The van der Waals surface area contributed by atoms with E-state index in [1.165, 1.54) is 6.20 Å². The molecule has 3 rings (SSSR count).